The van der Waals surface area contributed by atoms with Crippen LogP contribution in [-0.4, -0.2) is 25.7 Å². The fourth-order valence-electron chi connectivity index (χ4n) is 3.82. The third kappa shape index (κ3) is 3.97. The van der Waals surface area contributed by atoms with Gasteiger partial charge < -0.3 is 10.6 Å². The Bertz CT molecular complexity index is 1380. The quantitative estimate of drug-likeness (QED) is 0.401. The molecule has 1 aliphatic heterocycles. The van der Waals surface area contributed by atoms with Gasteiger partial charge in [-0.1, -0.05) is 53.5 Å². The van der Waals surface area contributed by atoms with Gasteiger partial charge in [-0.05, 0) is 37.3 Å². The van der Waals surface area contributed by atoms with E-state index in [1.54, 1.807) is 41.3 Å². The highest BCUT2D eigenvalue weighted by molar-refractivity contribution is 6.33. The molecule has 0 radical (unpaired) electrons. The third-order valence-corrected chi connectivity index (χ3v) is 6.00. The predicted octanol–water partition coefficient (Wildman–Crippen LogP) is 5.57. The molecule has 2 aromatic heterocycles. The summed E-state index contributed by atoms with van der Waals surface area (Å²) in [6, 6.07) is 17.7. The summed E-state index contributed by atoms with van der Waals surface area (Å²) in [6.07, 6.45) is 3.23. The molecule has 3 heterocycles. The Morgan fingerprint density at radius 1 is 1.03 bits per heavy atom. The van der Waals surface area contributed by atoms with Gasteiger partial charge in [-0.25, -0.2) is 4.68 Å². The largest absolute Gasteiger partial charge is 0.328 e. The minimum atomic E-state index is -0.602. The molecule has 33 heavy (non-hydrogen) atoms. The number of fused-ring (bicyclic) bond motifs is 1. The summed E-state index contributed by atoms with van der Waals surface area (Å²) in [5.74, 6) is 0.644. The lowest BCUT2D eigenvalue weighted by atomic mass is 9.95. The first kappa shape index (κ1) is 21.2. The van der Waals surface area contributed by atoms with Crippen molar-refractivity contribution in [3.63, 3.8) is 0 Å². The van der Waals surface area contributed by atoms with Gasteiger partial charge >= 0.3 is 0 Å². The molecule has 0 fully saturated rings. The summed E-state index contributed by atoms with van der Waals surface area (Å²) in [6.45, 7) is 1.83. The summed E-state index contributed by atoms with van der Waals surface area (Å²) in [7, 11) is 0. The highest BCUT2D eigenvalue weighted by Gasteiger charge is 2.35. The number of nitrogens with one attached hydrogen (secondary N) is 2. The number of carbonyl (C=O) groups is 1. The number of aromatic nitrogens is 4. The van der Waals surface area contributed by atoms with Crippen molar-refractivity contribution in [3.05, 3.63) is 99.9 Å². The zero-order valence-electron chi connectivity index (χ0n) is 17.5. The van der Waals surface area contributed by atoms with Gasteiger partial charge in [0.2, 0.25) is 5.95 Å². The minimum Gasteiger partial charge on any atom is -0.328 e. The normalized spacial score (nSPS) is 15.1. The number of hydrogen-bond acceptors (Lipinski definition) is 5. The molecule has 0 saturated heterocycles. The topological polar surface area (TPSA) is 84.7 Å². The van der Waals surface area contributed by atoms with Gasteiger partial charge in [0.25, 0.3) is 5.91 Å². The molecule has 2 aromatic carbocycles. The molecule has 5 rings (SSSR count). The molecule has 0 spiro atoms. The van der Waals surface area contributed by atoms with Crippen LogP contribution in [0, 0.1) is 0 Å². The molecule has 2 N–H and O–H groups in total. The van der Waals surface area contributed by atoms with Crippen molar-refractivity contribution in [1.29, 1.82) is 0 Å². The van der Waals surface area contributed by atoms with E-state index in [2.05, 4.69) is 20.6 Å². The highest BCUT2D eigenvalue weighted by atomic mass is 35.5. The van der Waals surface area contributed by atoms with E-state index in [0.717, 1.165) is 5.56 Å². The van der Waals surface area contributed by atoms with Crippen LogP contribution >= 0.6 is 23.2 Å². The number of nitrogens with zero attached hydrogens (tertiary/aromatic N) is 4. The van der Waals surface area contributed by atoms with Gasteiger partial charge in [-0.15, -0.1) is 5.10 Å². The SMILES string of the molecule is CC1=C(C(=O)Nc2cccnc2)C(c2ccccc2Cl)n2nc(-c3ccccc3Cl)nc2N1. The number of benzene rings is 2. The Balaban J connectivity index is 1.64. The molecule has 1 amide bonds. The molecule has 4 aromatic rings. The molecule has 1 unspecified atom stereocenters. The number of carbonyl (C=O) groups excluding carboxylic acids is 1. The van der Waals surface area contributed by atoms with Crippen LogP contribution in [-0.2, 0) is 4.79 Å². The van der Waals surface area contributed by atoms with Gasteiger partial charge in [0, 0.05) is 28.0 Å². The average molecular weight is 477 g/mol. The van der Waals surface area contributed by atoms with Crippen molar-refractivity contribution in [1.82, 2.24) is 19.7 Å². The Kier molecular flexibility index (Phi) is 5.58. The maximum Gasteiger partial charge on any atom is 0.255 e. The van der Waals surface area contributed by atoms with Crippen LogP contribution in [0.3, 0.4) is 0 Å². The van der Waals surface area contributed by atoms with Crippen LogP contribution in [0.25, 0.3) is 11.4 Å². The molecule has 0 aliphatic carbocycles. The monoisotopic (exact) mass is 476 g/mol. The Morgan fingerprint density at radius 2 is 1.79 bits per heavy atom. The second-order valence-corrected chi connectivity index (χ2v) is 8.28. The van der Waals surface area contributed by atoms with Crippen LogP contribution in [0.1, 0.15) is 18.5 Å². The molecule has 9 heteroatoms. The van der Waals surface area contributed by atoms with Crippen LogP contribution in [0.2, 0.25) is 10.0 Å². The van der Waals surface area contributed by atoms with Crippen molar-refractivity contribution in [2.75, 3.05) is 10.6 Å². The van der Waals surface area contributed by atoms with E-state index >= 15 is 0 Å². The molecule has 1 atom stereocenters. The first-order chi connectivity index (χ1) is 16.0. The van der Waals surface area contributed by atoms with Crippen molar-refractivity contribution in [2.45, 2.75) is 13.0 Å². The number of allylic oxidation sites excluding steroid dienone is 1. The Hall–Kier alpha value is -3.68. The van der Waals surface area contributed by atoms with Gasteiger partial charge in [0.05, 0.1) is 22.5 Å². The number of pyridine rings is 1. The van der Waals surface area contributed by atoms with Crippen molar-refractivity contribution in [3.8, 4) is 11.4 Å². The molecule has 7 nitrogen and oxygen atoms in total. The number of anilines is 2. The molecular weight excluding hydrogens is 459 g/mol. The smallest absolute Gasteiger partial charge is 0.255 e. The summed E-state index contributed by atoms with van der Waals surface area (Å²) < 4.78 is 1.67. The van der Waals surface area contributed by atoms with E-state index in [9.17, 15) is 4.79 Å². The molecule has 1 aliphatic rings. The van der Waals surface area contributed by atoms with Crippen molar-refractivity contribution in [2.24, 2.45) is 0 Å². The standard InChI is InChI=1S/C24H18Cl2N6O/c1-14-20(23(33)29-15-7-6-12-27-13-15)21(16-8-2-4-10-18(16)25)32-24(28-14)30-22(31-32)17-9-3-5-11-19(17)26/h2-13,21H,1H3,(H,29,33)(H,28,30,31). The van der Waals surface area contributed by atoms with E-state index in [1.807, 2.05) is 43.3 Å². The Morgan fingerprint density at radius 3 is 2.52 bits per heavy atom. The van der Waals surface area contributed by atoms with Crippen LogP contribution in [0.15, 0.2) is 84.3 Å². The lowest BCUT2D eigenvalue weighted by molar-refractivity contribution is -0.113. The van der Waals surface area contributed by atoms with E-state index in [1.165, 1.54) is 0 Å². The van der Waals surface area contributed by atoms with E-state index in [4.69, 9.17) is 28.3 Å². The summed E-state index contributed by atoms with van der Waals surface area (Å²) in [4.78, 5) is 22.2. The fourth-order valence-corrected chi connectivity index (χ4v) is 4.28. The van der Waals surface area contributed by atoms with Crippen LogP contribution in [0.4, 0.5) is 11.6 Å². The average Bonchev–Trinajstić information content (AvgIpc) is 3.23. The first-order valence-electron chi connectivity index (χ1n) is 10.2. The summed E-state index contributed by atoms with van der Waals surface area (Å²) in [5.41, 5.74) is 3.12. The first-order valence-corrected chi connectivity index (χ1v) is 10.9. The second-order valence-electron chi connectivity index (χ2n) is 7.47. The summed E-state index contributed by atoms with van der Waals surface area (Å²) in [5, 5.41) is 11.9. The van der Waals surface area contributed by atoms with Crippen molar-refractivity contribution >= 4 is 40.7 Å². The van der Waals surface area contributed by atoms with E-state index < -0.39 is 6.04 Å². The minimum absolute atomic E-state index is 0.293. The zero-order chi connectivity index (χ0) is 22.9. The lowest BCUT2D eigenvalue weighted by Crippen LogP contribution is -2.31. The van der Waals surface area contributed by atoms with Crippen LogP contribution < -0.4 is 10.6 Å². The van der Waals surface area contributed by atoms with E-state index in [-0.39, 0.29) is 5.91 Å². The maximum absolute atomic E-state index is 13.5. The van der Waals surface area contributed by atoms with E-state index in [0.29, 0.717) is 44.3 Å². The molecular formula is C24H18Cl2N6O. The number of rotatable bonds is 4. The van der Waals surface area contributed by atoms with Crippen molar-refractivity contribution < 1.29 is 4.79 Å². The molecule has 164 valence electrons. The summed E-state index contributed by atoms with van der Waals surface area (Å²) >= 11 is 13.0. The van der Waals surface area contributed by atoms with Gasteiger partial charge in [0.15, 0.2) is 5.82 Å². The van der Waals surface area contributed by atoms with Gasteiger partial charge in [-0.2, -0.15) is 4.98 Å². The van der Waals surface area contributed by atoms with Gasteiger partial charge in [-0.3, -0.25) is 9.78 Å². The Labute approximate surface area is 200 Å². The zero-order valence-corrected chi connectivity index (χ0v) is 19.0. The third-order valence-electron chi connectivity index (χ3n) is 5.33. The molecule has 0 bridgehead atoms. The highest BCUT2D eigenvalue weighted by Crippen LogP contribution is 2.39. The number of halogens is 2. The lowest BCUT2D eigenvalue weighted by Gasteiger charge is -2.29. The van der Waals surface area contributed by atoms with Gasteiger partial charge in [0.1, 0.15) is 6.04 Å². The molecule has 0 saturated carbocycles. The maximum atomic E-state index is 13.5. The predicted molar refractivity (Wildman–Crippen MR) is 129 cm³/mol. The fraction of sp³-hybridized carbons (Fsp3) is 0.0833. The number of amides is 1. The second kappa shape index (κ2) is 8.69. The number of hydrogen-bond donors (Lipinski definition) is 2. The van der Waals surface area contributed by atoms with Crippen LogP contribution in [0.5, 0.6) is 0 Å².